The van der Waals surface area contributed by atoms with E-state index in [9.17, 15) is 0 Å². The Morgan fingerprint density at radius 3 is 2.52 bits per heavy atom. The number of benzene rings is 1. The molecule has 1 fully saturated rings. The van der Waals surface area contributed by atoms with Gasteiger partial charge in [-0.15, -0.1) is 0 Å². The summed E-state index contributed by atoms with van der Waals surface area (Å²) in [6.45, 7) is 2.33. The third kappa shape index (κ3) is 3.47. The van der Waals surface area contributed by atoms with Crippen LogP contribution in [0.5, 0.6) is 0 Å². The van der Waals surface area contributed by atoms with Crippen LogP contribution in [0.3, 0.4) is 0 Å². The molecular weight excluding hydrogens is 347 g/mol. The summed E-state index contributed by atoms with van der Waals surface area (Å²) in [5.74, 6) is 1.89. The summed E-state index contributed by atoms with van der Waals surface area (Å²) in [7, 11) is 0. The number of aliphatic imine (C=N–C) groups is 1. The molecule has 1 saturated carbocycles. The maximum Gasteiger partial charge on any atom is 0.161 e. The second-order valence-corrected chi connectivity index (χ2v) is 8.17. The van der Waals surface area contributed by atoms with Crippen molar-refractivity contribution in [2.45, 2.75) is 38.1 Å². The Kier molecular flexibility index (Phi) is 4.66. The van der Waals surface area contributed by atoms with E-state index in [1.807, 2.05) is 0 Å². The molecule has 114 valence electrons. The molecule has 1 heterocycles. The van der Waals surface area contributed by atoms with E-state index in [0.29, 0.717) is 15.1 Å². The molecule has 0 unspecified atom stereocenters. The van der Waals surface area contributed by atoms with E-state index in [4.69, 9.17) is 39.8 Å². The highest BCUT2D eigenvalue weighted by Crippen LogP contribution is 2.42. The van der Waals surface area contributed by atoms with Crippen molar-refractivity contribution in [2.24, 2.45) is 10.9 Å². The van der Waals surface area contributed by atoms with Crippen LogP contribution in [-0.2, 0) is 0 Å². The zero-order valence-electron chi connectivity index (χ0n) is 11.8. The number of anilines is 1. The smallest absolute Gasteiger partial charge is 0.161 e. The molecule has 1 aromatic carbocycles. The summed E-state index contributed by atoms with van der Waals surface area (Å²) in [5.41, 5.74) is 0.890. The van der Waals surface area contributed by atoms with E-state index in [1.54, 1.807) is 23.9 Å². The highest BCUT2D eigenvalue weighted by molar-refractivity contribution is 8.14. The van der Waals surface area contributed by atoms with Gasteiger partial charge in [-0.05, 0) is 43.7 Å². The van der Waals surface area contributed by atoms with Crippen LogP contribution in [0, 0.1) is 5.92 Å². The molecule has 1 aliphatic carbocycles. The normalized spacial score (nSPS) is 28.8. The summed E-state index contributed by atoms with van der Waals surface area (Å²) in [6, 6.07) is 3.41. The highest BCUT2D eigenvalue weighted by atomic mass is 35.5. The maximum atomic E-state index is 6.21. The molecule has 21 heavy (non-hydrogen) atoms. The standard InChI is InChI=1S/C15H17Cl3N2S/c1-9-2-4-15(5-3-9)8-21-14(20-15)19-13-7-11(17)10(16)6-12(13)18/h6-7,9H,2-5,8H2,1H3,(H,19,20). The molecule has 1 N–H and O–H groups in total. The number of hydrogen-bond donors (Lipinski definition) is 1. The van der Waals surface area contributed by atoms with Crippen LogP contribution in [0.25, 0.3) is 0 Å². The number of halogens is 3. The number of hydrogen-bond acceptors (Lipinski definition) is 3. The number of amidine groups is 1. The molecular formula is C15H17Cl3N2S. The van der Waals surface area contributed by atoms with Crippen molar-refractivity contribution in [2.75, 3.05) is 11.1 Å². The van der Waals surface area contributed by atoms with Crippen LogP contribution in [0.1, 0.15) is 32.6 Å². The van der Waals surface area contributed by atoms with Gasteiger partial charge in [0.1, 0.15) is 0 Å². The predicted octanol–water partition coefficient (Wildman–Crippen LogP) is 6.11. The van der Waals surface area contributed by atoms with Crippen molar-refractivity contribution < 1.29 is 0 Å². The van der Waals surface area contributed by atoms with Crippen molar-refractivity contribution in [3.8, 4) is 0 Å². The van der Waals surface area contributed by atoms with Gasteiger partial charge in [0, 0.05) is 5.75 Å². The lowest BCUT2D eigenvalue weighted by molar-refractivity contribution is 0.273. The quantitative estimate of drug-likeness (QED) is 0.609. The first-order valence-electron chi connectivity index (χ1n) is 7.12. The van der Waals surface area contributed by atoms with Gasteiger partial charge in [0.05, 0.1) is 26.3 Å². The van der Waals surface area contributed by atoms with Gasteiger partial charge in [-0.2, -0.15) is 0 Å². The Morgan fingerprint density at radius 2 is 1.81 bits per heavy atom. The third-order valence-corrected chi connectivity index (χ3v) is 6.46. The summed E-state index contributed by atoms with van der Waals surface area (Å²) in [4.78, 5) is 4.94. The Labute approximate surface area is 144 Å². The zero-order valence-corrected chi connectivity index (χ0v) is 14.8. The Bertz CT molecular complexity index is 581. The fourth-order valence-electron chi connectivity index (χ4n) is 2.84. The monoisotopic (exact) mass is 362 g/mol. The lowest BCUT2D eigenvalue weighted by Gasteiger charge is -2.32. The topological polar surface area (TPSA) is 24.4 Å². The van der Waals surface area contributed by atoms with Gasteiger partial charge in [0.2, 0.25) is 0 Å². The molecule has 0 aromatic heterocycles. The number of nitrogens with zero attached hydrogens (tertiary/aromatic N) is 1. The number of rotatable bonds is 1. The minimum absolute atomic E-state index is 0.127. The minimum atomic E-state index is 0.127. The highest BCUT2D eigenvalue weighted by Gasteiger charge is 2.38. The van der Waals surface area contributed by atoms with Crippen LogP contribution in [0.15, 0.2) is 17.1 Å². The Morgan fingerprint density at radius 1 is 1.14 bits per heavy atom. The molecule has 0 amide bonds. The molecule has 2 aliphatic rings. The summed E-state index contributed by atoms with van der Waals surface area (Å²) in [6.07, 6.45) is 4.90. The largest absolute Gasteiger partial charge is 0.334 e. The van der Waals surface area contributed by atoms with E-state index < -0.39 is 0 Å². The van der Waals surface area contributed by atoms with Crippen LogP contribution in [0.4, 0.5) is 5.69 Å². The molecule has 1 aromatic rings. The van der Waals surface area contributed by atoms with Crippen molar-refractivity contribution in [3.05, 3.63) is 27.2 Å². The lowest BCUT2D eigenvalue weighted by atomic mass is 9.79. The van der Waals surface area contributed by atoms with Crippen molar-refractivity contribution >= 4 is 57.4 Å². The molecule has 6 heteroatoms. The van der Waals surface area contributed by atoms with Crippen molar-refractivity contribution in [3.63, 3.8) is 0 Å². The van der Waals surface area contributed by atoms with Crippen LogP contribution >= 0.6 is 46.6 Å². The molecule has 1 aliphatic heterocycles. The fourth-order valence-corrected chi connectivity index (χ4v) is 4.63. The fraction of sp³-hybridized carbons (Fsp3) is 0.533. The Balaban J connectivity index is 1.76. The van der Waals surface area contributed by atoms with Gasteiger partial charge in [0.15, 0.2) is 5.17 Å². The van der Waals surface area contributed by atoms with Gasteiger partial charge in [0.25, 0.3) is 0 Å². The van der Waals surface area contributed by atoms with Gasteiger partial charge in [-0.1, -0.05) is 53.5 Å². The van der Waals surface area contributed by atoms with Gasteiger partial charge < -0.3 is 5.32 Å². The van der Waals surface area contributed by atoms with Gasteiger partial charge in [-0.3, -0.25) is 4.99 Å². The summed E-state index contributed by atoms with van der Waals surface area (Å²) < 4.78 is 0. The number of thioether (sulfide) groups is 1. The second-order valence-electron chi connectivity index (χ2n) is 5.98. The minimum Gasteiger partial charge on any atom is -0.334 e. The molecule has 0 bridgehead atoms. The SMILES string of the molecule is CC1CCC2(CC1)CSC(Nc1cc(Cl)c(Cl)cc1Cl)=N2. The molecule has 2 nitrogen and oxygen atoms in total. The van der Waals surface area contributed by atoms with Crippen LogP contribution < -0.4 is 5.32 Å². The average Bonchev–Trinajstić information content (AvgIpc) is 2.83. The first kappa shape index (κ1) is 15.8. The molecule has 0 radical (unpaired) electrons. The lowest BCUT2D eigenvalue weighted by Crippen LogP contribution is -2.32. The van der Waals surface area contributed by atoms with E-state index in [2.05, 4.69) is 12.2 Å². The molecule has 0 atom stereocenters. The first-order valence-corrected chi connectivity index (χ1v) is 9.24. The van der Waals surface area contributed by atoms with Crippen molar-refractivity contribution in [1.82, 2.24) is 0 Å². The zero-order chi connectivity index (χ0) is 15.0. The Hall–Kier alpha value is -0.0900. The molecule has 1 spiro atoms. The predicted molar refractivity (Wildman–Crippen MR) is 95.4 cm³/mol. The number of nitrogens with one attached hydrogen (secondary N) is 1. The third-order valence-electron chi connectivity index (χ3n) is 4.27. The van der Waals surface area contributed by atoms with E-state index in [1.165, 1.54) is 25.7 Å². The van der Waals surface area contributed by atoms with E-state index in [-0.39, 0.29) is 5.54 Å². The van der Waals surface area contributed by atoms with Crippen LogP contribution in [0.2, 0.25) is 15.1 Å². The van der Waals surface area contributed by atoms with Crippen LogP contribution in [-0.4, -0.2) is 16.5 Å². The summed E-state index contributed by atoms with van der Waals surface area (Å²) >= 11 is 20.0. The summed E-state index contributed by atoms with van der Waals surface area (Å²) in [5, 5.41) is 5.75. The average molecular weight is 364 g/mol. The van der Waals surface area contributed by atoms with Crippen molar-refractivity contribution in [1.29, 1.82) is 0 Å². The first-order chi connectivity index (χ1) is 9.97. The van der Waals surface area contributed by atoms with E-state index >= 15 is 0 Å². The molecule has 3 rings (SSSR count). The second kappa shape index (κ2) is 6.19. The van der Waals surface area contributed by atoms with Gasteiger partial charge >= 0.3 is 0 Å². The molecule has 0 saturated heterocycles. The van der Waals surface area contributed by atoms with Gasteiger partial charge in [-0.25, -0.2) is 0 Å². The van der Waals surface area contributed by atoms with E-state index in [0.717, 1.165) is 22.5 Å². The maximum absolute atomic E-state index is 6.21.